The van der Waals surface area contributed by atoms with E-state index in [0.717, 1.165) is 11.3 Å². The Morgan fingerprint density at radius 1 is 1.44 bits per heavy atom. The van der Waals surface area contributed by atoms with Gasteiger partial charge in [0.1, 0.15) is 0 Å². The Hall–Kier alpha value is -0.770. The number of likely N-dealkylation sites (N-methyl/N-ethyl adjacent to an activating group) is 1. The summed E-state index contributed by atoms with van der Waals surface area (Å²) in [7, 11) is 1.93. The predicted molar refractivity (Wildman–Crippen MR) is 68.9 cm³/mol. The summed E-state index contributed by atoms with van der Waals surface area (Å²) >= 11 is 5.98. The van der Waals surface area contributed by atoms with Gasteiger partial charge in [-0.2, -0.15) is 0 Å². The van der Waals surface area contributed by atoms with E-state index in [-0.39, 0.29) is 12.1 Å². The molecule has 0 saturated heterocycles. The average Bonchev–Trinajstić information content (AvgIpc) is 2.28. The minimum atomic E-state index is -0.339. The maximum absolute atomic E-state index is 9.35. The number of aliphatic hydroxyl groups excluding tert-OH is 1. The normalized spacial score (nSPS) is 11.6. The van der Waals surface area contributed by atoms with Crippen LogP contribution in [0.3, 0.4) is 0 Å². The largest absolute Gasteiger partial charge is 0.394 e. The van der Waals surface area contributed by atoms with Gasteiger partial charge in [-0.3, -0.25) is 0 Å². The molecule has 1 aromatic rings. The van der Waals surface area contributed by atoms with E-state index >= 15 is 0 Å². The molecular formula is C12H19ClN2O. The van der Waals surface area contributed by atoms with Crippen molar-refractivity contribution >= 4 is 17.3 Å². The van der Waals surface area contributed by atoms with E-state index in [4.69, 9.17) is 17.3 Å². The van der Waals surface area contributed by atoms with E-state index in [1.165, 1.54) is 0 Å². The lowest BCUT2D eigenvalue weighted by Gasteiger charge is -2.37. The van der Waals surface area contributed by atoms with E-state index in [1.807, 2.05) is 44.0 Å². The van der Waals surface area contributed by atoms with Gasteiger partial charge in [0, 0.05) is 24.3 Å². The summed E-state index contributed by atoms with van der Waals surface area (Å²) < 4.78 is 0. The fraction of sp³-hybridized carbons (Fsp3) is 0.500. The summed E-state index contributed by atoms with van der Waals surface area (Å²) in [6.45, 7) is 4.46. The SMILES string of the molecule is CN(c1cc(Cl)ccc1CN)C(C)(C)CO. The Labute approximate surface area is 102 Å². The Kier molecular flexibility index (Phi) is 4.19. The number of rotatable bonds is 4. The molecule has 0 unspecified atom stereocenters. The van der Waals surface area contributed by atoms with Crippen molar-refractivity contribution in [3.05, 3.63) is 28.8 Å². The summed E-state index contributed by atoms with van der Waals surface area (Å²) in [5, 5.41) is 10.0. The van der Waals surface area contributed by atoms with Crippen LogP contribution in [-0.4, -0.2) is 24.3 Å². The van der Waals surface area contributed by atoms with Gasteiger partial charge >= 0.3 is 0 Å². The van der Waals surface area contributed by atoms with Crippen molar-refractivity contribution in [3.63, 3.8) is 0 Å². The van der Waals surface area contributed by atoms with Gasteiger partial charge in [0.25, 0.3) is 0 Å². The molecule has 3 nitrogen and oxygen atoms in total. The van der Waals surface area contributed by atoms with Crippen molar-refractivity contribution in [2.75, 3.05) is 18.6 Å². The highest BCUT2D eigenvalue weighted by molar-refractivity contribution is 6.30. The maximum atomic E-state index is 9.35. The molecule has 0 heterocycles. The first-order chi connectivity index (χ1) is 7.42. The topological polar surface area (TPSA) is 49.5 Å². The van der Waals surface area contributed by atoms with E-state index in [9.17, 15) is 5.11 Å². The summed E-state index contributed by atoms with van der Waals surface area (Å²) in [4.78, 5) is 2.00. The lowest BCUT2D eigenvalue weighted by atomic mass is 10.0. The number of halogens is 1. The van der Waals surface area contributed by atoms with Crippen LogP contribution >= 0.6 is 11.6 Å². The standard InChI is InChI=1S/C12H19ClN2O/c1-12(2,8-16)15(3)11-6-10(13)5-4-9(11)7-14/h4-6,16H,7-8,14H2,1-3H3. The molecule has 1 rings (SSSR count). The van der Waals surface area contributed by atoms with Crippen LogP contribution < -0.4 is 10.6 Å². The van der Waals surface area contributed by atoms with Gasteiger partial charge in [-0.05, 0) is 31.5 Å². The second-order valence-corrected chi connectivity index (χ2v) is 4.94. The summed E-state index contributed by atoms with van der Waals surface area (Å²) in [5.74, 6) is 0. The number of nitrogens with zero attached hydrogens (tertiary/aromatic N) is 1. The van der Waals surface area contributed by atoms with Gasteiger partial charge in [-0.15, -0.1) is 0 Å². The number of aliphatic hydroxyl groups is 1. The monoisotopic (exact) mass is 242 g/mol. The van der Waals surface area contributed by atoms with Crippen molar-refractivity contribution in [1.29, 1.82) is 0 Å². The molecule has 0 fully saturated rings. The molecule has 0 aliphatic heterocycles. The smallest absolute Gasteiger partial charge is 0.0658 e. The van der Waals surface area contributed by atoms with Gasteiger partial charge in [0.15, 0.2) is 0 Å². The summed E-state index contributed by atoms with van der Waals surface area (Å²) in [6.07, 6.45) is 0. The molecule has 0 aromatic heterocycles. The highest BCUT2D eigenvalue weighted by atomic mass is 35.5. The first-order valence-corrected chi connectivity index (χ1v) is 5.63. The van der Waals surface area contributed by atoms with Gasteiger partial charge in [0.05, 0.1) is 12.1 Å². The molecule has 1 aromatic carbocycles. The molecule has 0 bridgehead atoms. The lowest BCUT2D eigenvalue weighted by Crippen LogP contribution is -2.44. The molecular weight excluding hydrogens is 224 g/mol. The molecule has 0 atom stereocenters. The number of hydrogen-bond acceptors (Lipinski definition) is 3. The van der Waals surface area contributed by atoms with Gasteiger partial charge < -0.3 is 15.7 Å². The second-order valence-electron chi connectivity index (χ2n) is 4.51. The fourth-order valence-corrected chi connectivity index (χ4v) is 1.62. The van der Waals surface area contributed by atoms with Gasteiger partial charge in [0.2, 0.25) is 0 Å². The van der Waals surface area contributed by atoms with Crippen molar-refractivity contribution in [3.8, 4) is 0 Å². The van der Waals surface area contributed by atoms with Gasteiger partial charge in [-0.1, -0.05) is 17.7 Å². The van der Waals surface area contributed by atoms with Crippen LogP contribution in [-0.2, 0) is 6.54 Å². The van der Waals surface area contributed by atoms with Crippen LogP contribution in [0.2, 0.25) is 5.02 Å². The molecule has 0 amide bonds. The molecule has 90 valence electrons. The third-order valence-corrected chi connectivity index (χ3v) is 3.16. The first-order valence-electron chi connectivity index (χ1n) is 5.25. The molecule has 0 saturated carbocycles. The van der Waals surface area contributed by atoms with E-state index < -0.39 is 0 Å². The minimum Gasteiger partial charge on any atom is -0.394 e. The van der Waals surface area contributed by atoms with Crippen LogP contribution in [0.15, 0.2) is 18.2 Å². The quantitative estimate of drug-likeness (QED) is 0.849. The van der Waals surface area contributed by atoms with E-state index in [1.54, 1.807) is 0 Å². The Balaban J connectivity index is 3.16. The highest BCUT2D eigenvalue weighted by Crippen LogP contribution is 2.28. The van der Waals surface area contributed by atoms with Crippen LogP contribution in [0.1, 0.15) is 19.4 Å². The molecule has 16 heavy (non-hydrogen) atoms. The Bertz CT molecular complexity index is 366. The number of benzene rings is 1. The molecule has 0 spiro atoms. The molecule has 3 N–H and O–H groups in total. The molecule has 0 aliphatic rings. The Morgan fingerprint density at radius 2 is 2.06 bits per heavy atom. The minimum absolute atomic E-state index is 0.0695. The fourth-order valence-electron chi connectivity index (χ4n) is 1.45. The lowest BCUT2D eigenvalue weighted by molar-refractivity contribution is 0.216. The zero-order valence-electron chi connectivity index (χ0n) is 10.00. The summed E-state index contributed by atoms with van der Waals surface area (Å²) in [6, 6.07) is 5.62. The molecule has 0 aliphatic carbocycles. The average molecular weight is 243 g/mol. The van der Waals surface area contributed by atoms with Crippen LogP contribution in [0.4, 0.5) is 5.69 Å². The zero-order valence-corrected chi connectivity index (χ0v) is 10.8. The van der Waals surface area contributed by atoms with Crippen molar-refractivity contribution in [1.82, 2.24) is 0 Å². The van der Waals surface area contributed by atoms with Crippen molar-refractivity contribution in [2.45, 2.75) is 25.9 Å². The van der Waals surface area contributed by atoms with Crippen LogP contribution in [0.25, 0.3) is 0 Å². The van der Waals surface area contributed by atoms with E-state index in [0.29, 0.717) is 11.6 Å². The number of anilines is 1. The van der Waals surface area contributed by atoms with E-state index in [2.05, 4.69) is 0 Å². The van der Waals surface area contributed by atoms with Crippen LogP contribution in [0, 0.1) is 0 Å². The van der Waals surface area contributed by atoms with Crippen molar-refractivity contribution < 1.29 is 5.11 Å². The maximum Gasteiger partial charge on any atom is 0.0658 e. The number of nitrogens with two attached hydrogens (primary N) is 1. The molecule has 4 heteroatoms. The molecule has 0 radical (unpaired) electrons. The Morgan fingerprint density at radius 3 is 2.56 bits per heavy atom. The van der Waals surface area contributed by atoms with Crippen LogP contribution in [0.5, 0.6) is 0 Å². The second kappa shape index (κ2) is 5.04. The third kappa shape index (κ3) is 2.67. The highest BCUT2D eigenvalue weighted by Gasteiger charge is 2.24. The van der Waals surface area contributed by atoms with Crippen molar-refractivity contribution in [2.24, 2.45) is 5.73 Å². The summed E-state index contributed by atoms with van der Waals surface area (Å²) in [5.41, 5.74) is 7.34. The first kappa shape index (κ1) is 13.3. The number of hydrogen-bond donors (Lipinski definition) is 2. The predicted octanol–water partition coefficient (Wildman–Crippen LogP) is 2.01. The van der Waals surface area contributed by atoms with Gasteiger partial charge in [-0.25, -0.2) is 0 Å². The zero-order chi connectivity index (χ0) is 12.3. The third-order valence-electron chi connectivity index (χ3n) is 2.92.